The van der Waals surface area contributed by atoms with E-state index >= 15 is 0 Å². The van der Waals surface area contributed by atoms with E-state index in [1.54, 1.807) is 25.6 Å². The minimum Gasteiger partial charge on any atom is -0.497 e. The molecule has 0 atom stereocenters. The first-order valence-corrected chi connectivity index (χ1v) is 10.7. The maximum atomic E-state index is 12.1. The van der Waals surface area contributed by atoms with Gasteiger partial charge in [-0.2, -0.15) is 0 Å². The third kappa shape index (κ3) is 8.95. The Morgan fingerprint density at radius 1 is 1.10 bits per heavy atom. The zero-order valence-electron chi connectivity index (χ0n) is 18.1. The summed E-state index contributed by atoms with van der Waals surface area (Å²) in [5, 5.41) is 6.20. The van der Waals surface area contributed by atoms with E-state index < -0.39 is 0 Å². The Balaban J connectivity index is 1.80. The predicted octanol–water partition coefficient (Wildman–Crippen LogP) is 5.23. The number of benzene rings is 1. The Kier molecular flexibility index (Phi) is 10.8. The van der Waals surface area contributed by atoms with Gasteiger partial charge in [-0.05, 0) is 54.7 Å². The van der Waals surface area contributed by atoms with Crippen LogP contribution in [0.4, 0.5) is 5.69 Å². The number of carbonyl (C=O) groups excluding carboxylic acids is 1. The molecule has 5 heteroatoms. The highest BCUT2D eigenvalue weighted by atomic mass is 16.5. The highest BCUT2D eigenvalue weighted by molar-refractivity contribution is 5.88. The Bertz CT molecular complexity index is 799. The van der Waals surface area contributed by atoms with Gasteiger partial charge in [0.15, 0.2) is 0 Å². The zero-order valence-corrected chi connectivity index (χ0v) is 18.1. The van der Waals surface area contributed by atoms with Crippen LogP contribution in [0.1, 0.15) is 44.6 Å². The molecule has 2 rings (SSSR count). The van der Waals surface area contributed by atoms with Gasteiger partial charge in [0.2, 0.25) is 5.91 Å². The Hall–Kier alpha value is -3.08. The predicted molar refractivity (Wildman–Crippen MR) is 125 cm³/mol. The number of hydrogen-bond acceptors (Lipinski definition) is 4. The van der Waals surface area contributed by atoms with Crippen molar-refractivity contribution < 1.29 is 9.53 Å². The van der Waals surface area contributed by atoms with Crippen molar-refractivity contribution in [2.45, 2.75) is 39.0 Å². The van der Waals surface area contributed by atoms with Crippen molar-refractivity contribution in [1.82, 2.24) is 10.3 Å². The number of anilines is 1. The lowest BCUT2D eigenvalue weighted by Crippen LogP contribution is -2.23. The maximum Gasteiger partial charge on any atom is 0.243 e. The number of rotatable bonds is 13. The number of ether oxygens (including phenoxy) is 1. The summed E-state index contributed by atoms with van der Waals surface area (Å²) in [6.45, 7) is 3.61. The number of allylic oxidation sites excluding steroid dienone is 3. The summed E-state index contributed by atoms with van der Waals surface area (Å²) in [5.74, 6) is 0.773. The lowest BCUT2D eigenvalue weighted by molar-refractivity contribution is -0.116. The van der Waals surface area contributed by atoms with Crippen LogP contribution in [0.2, 0.25) is 0 Å². The van der Waals surface area contributed by atoms with Crippen molar-refractivity contribution in [3.63, 3.8) is 0 Å². The van der Waals surface area contributed by atoms with Crippen LogP contribution in [-0.2, 0) is 4.79 Å². The number of unbranched alkanes of at least 4 members (excludes halogenated alkanes) is 2. The lowest BCUT2D eigenvalue weighted by Gasteiger charge is -2.08. The van der Waals surface area contributed by atoms with Crippen LogP contribution in [0, 0.1) is 0 Å². The van der Waals surface area contributed by atoms with Gasteiger partial charge in [0.25, 0.3) is 0 Å². The van der Waals surface area contributed by atoms with Crippen molar-refractivity contribution in [2.24, 2.45) is 0 Å². The number of methoxy groups -OCH3 is 1. The van der Waals surface area contributed by atoms with Gasteiger partial charge in [-0.3, -0.25) is 9.78 Å². The standard InChI is InChI=1S/C25H33N3O2/c1-3-4-5-9-21(22-13-15-24(30-2)16-14-22)10-6-12-25(29)28-19-8-18-27-23-11-7-17-26-20-23/h6-7,10-17,20,27H,3-5,8-9,18-19H2,1-2H3,(H,28,29)/b12-6+,21-10+. The average molecular weight is 408 g/mol. The maximum absolute atomic E-state index is 12.1. The summed E-state index contributed by atoms with van der Waals surface area (Å²) in [6, 6.07) is 11.9. The highest BCUT2D eigenvalue weighted by Crippen LogP contribution is 2.23. The molecule has 0 spiro atoms. The summed E-state index contributed by atoms with van der Waals surface area (Å²) in [4.78, 5) is 16.1. The molecule has 0 fully saturated rings. The first-order valence-electron chi connectivity index (χ1n) is 10.7. The van der Waals surface area contributed by atoms with Gasteiger partial charge in [-0.15, -0.1) is 0 Å². The second kappa shape index (κ2) is 14.0. The molecule has 0 saturated carbocycles. The van der Waals surface area contributed by atoms with E-state index in [4.69, 9.17) is 4.74 Å². The van der Waals surface area contributed by atoms with Crippen LogP contribution in [0.3, 0.4) is 0 Å². The molecule has 1 heterocycles. The third-order valence-corrected chi connectivity index (χ3v) is 4.70. The van der Waals surface area contributed by atoms with E-state index in [9.17, 15) is 4.79 Å². The quantitative estimate of drug-likeness (QED) is 0.271. The van der Waals surface area contributed by atoms with Gasteiger partial charge in [0, 0.05) is 31.6 Å². The largest absolute Gasteiger partial charge is 0.497 e. The van der Waals surface area contributed by atoms with E-state index in [1.165, 1.54) is 24.0 Å². The molecule has 30 heavy (non-hydrogen) atoms. The van der Waals surface area contributed by atoms with Gasteiger partial charge in [-0.1, -0.05) is 44.1 Å². The van der Waals surface area contributed by atoms with Crippen LogP contribution < -0.4 is 15.4 Å². The van der Waals surface area contributed by atoms with E-state index in [0.29, 0.717) is 6.54 Å². The number of nitrogens with one attached hydrogen (secondary N) is 2. The second-order valence-electron chi connectivity index (χ2n) is 7.05. The Labute approximate surface area is 180 Å². The fraction of sp³-hybridized carbons (Fsp3) is 0.360. The van der Waals surface area contributed by atoms with E-state index in [2.05, 4.69) is 34.7 Å². The van der Waals surface area contributed by atoms with Gasteiger partial charge in [-0.25, -0.2) is 0 Å². The molecule has 0 saturated heterocycles. The van der Waals surface area contributed by atoms with Gasteiger partial charge < -0.3 is 15.4 Å². The number of hydrogen-bond donors (Lipinski definition) is 2. The monoisotopic (exact) mass is 407 g/mol. The van der Waals surface area contributed by atoms with Crippen molar-refractivity contribution in [1.29, 1.82) is 0 Å². The minimum atomic E-state index is -0.0738. The molecule has 0 radical (unpaired) electrons. The van der Waals surface area contributed by atoms with Gasteiger partial charge in [0.1, 0.15) is 5.75 Å². The van der Waals surface area contributed by atoms with Crippen LogP contribution in [0.25, 0.3) is 5.57 Å². The summed E-state index contributed by atoms with van der Waals surface area (Å²) in [6.07, 6.45) is 14.4. The number of amides is 1. The summed E-state index contributed by atoms with van der Waals surface area (Å²) in [7, 11) is 1.67. The van der Waals surface area contributed by atoms with Crippen LogP contribution in [0.5, 0.6) is 5.75 Å². The fourth-order valence-corrected chi connectivity index (χ4v) is 3.01. The molecule has 0 aliphatic carbocycles. The van der Waals surface area contributed by atoms with E-state index in [-0.39, 0.29) is 5.91 Å². The Morgan fingerprint density at radius 3 is 2.63 bits per heavy atom. The van der Waals surface area contributed by atoms with Crippen molar-refractivity contribution in [2.75, 3.05) is 25.5 Å². The number of carbonyl (C=O) groups is 1. The second-order valence-corrected chi connectivity index (χ2v) is 7.05. The van der Waals surface area contributed by atoms with Crippen LogP contribution >= 0.6 is 0 Å². The average Bonchev–Trinajstić information content (AvgIpc) is 2.79. The molecule has 1 aromatic heterocycles. The molecule has 5 nitrogen and oxygen atoms in total. The van der Waals surface area contributed by atoms with Gasteiger partial charge in [0.05, 0.1) is 12.8 Å². The Morgan fingerprint density at radius 2 is 1.93 bits per heavy atom. The van der Waals surface area contributed by atoms with E-state index in [0.717, 1.165) is 37.2 Å². The molecule has 0 aliphatic rings. The first kappa shape index (κ1) is 23.2. The summed E-state index contributed by atoms with van der Waals surface area (Å²) in [5.41, 5.74) is 3.39. The van der Waals surface area contributed by atoms with Crippen molar-refractivity contribution >= 4 is 17.2 Å². The molecule has 0 bridgehead atoms. The lowest BCUT2D eigenvalue weighted by atomic mass is 9.99. The molecule has 1 aromatic carbocycles. The number of pyridine rings is 1. The van der Waals surface area contributed by atoms with Gasteiger partial charge >= 0.3 is 0 Å². The molecular weight excluding hydrogens is 374 g/mol. The fourth-order valence-electron chi connectivity index (χ4n) is 3.01. The van der Waals surface area contributed by atoms with Crippen molar-refractivity contribution in [3.8, 4) is 5.75 Å². The molecule has 0 aliphatic heterocycles. The summed E-state index contributed by atoms with van der Waals surface area (Å²) < 4.78 is 5.25. The van der Waals surface area contributed by atoms with E-state index in [1.807, 2.05) is 36.4 Å². The topological polar surface area (TPSA) is 63.2 Å². The summed E-state index contributed by atoms with van der Waals surface area (Å²) >= 11 is 0. The highest BCUT2D eigenvalue weighted by Gasteiger charge is 2.02. The molecule has 0 unspecified atom stereocenters. The molecule has 2 N–H and O–H groups in total. The zero-order chi connectivity index (χ0) is 21.4. The van der Waals surface area contributed by atoms with Crippen molar-refractivity contribution in [3.05, 3.63) is 72.6 Å². The molecule has 160 valence electrons. The number of aromatic nitrogens is 1. The molecule has 1 amide bonds. The molecule has 2 aromatic rings. The normalized spacial score (nSPS) is 11.5. The minimum absolute atomic E-state index is 0.0738. The van der Waals surface area contributed by atoms with Crippen LogP contribution in [-0.4, -0.2) is 31.1 Å². The smallest absolute Gasteiger partial charge is 0.243 e. The number of nitrogens with zero attached hydrogens (tertiary/aromatic N) is 1. The third-order valence-electron chi connectivity index (χ3n) is 4.70. The molecular formula is C25H33N3O2. The SMILES string of the molecule is CCCCC/C(=C\C=C\C(=O)NCCCNc1cccnc1)c1ccc(OC)cc1. The first-order chi connectivity index (χ1) is 14.7. The van der Waals surface area contributed by atoms with Crippen LogP contribution in [0.15, 0.2) is 67.0 Å².